The van der Waals surface area contributed by atoms with Crippen LogP contribution in [0.15, 0.2) is 36.5 Å². The summed E-state index contributed by atoms with van der Waals surface area (Å²) >= 11 is 0. The van der Waals surface area contributed by atoms with Gasteiger partial charge in [0, 0.05) is 43.6 Å². The maximum atomic E-state index is 13.2. The summed E-state index contributed by atoms with van der Waals surface area (Å²) in [5.74, 6) is 1.49. The molecule has 7 nitrogen and oxygen atoms in total. The third kappa shape index (κ3) is 4.64. The van der Waals surface area contributed by atoms with Gasteiger partial charge in [0.25, 0.3) is 5.91 Å². The normalized spacial score (nSPS) is 33.1. The smallest absolute Gasteiger partial charge is 0.390 e. The van der Waals surface area contributed by atoms with Crippen LogP contribution in [-0.2, 0) is 6.18 Å². The molecule has 198 valence electrons. The number of benzene rings is 1. The fourth-order valence-corrected chi connectivity index (χ4v) is 7.41. The zero-order valence-corrected chi connectivity index (χ0v) is 20.8. The molecule has 10 heteroatoms. The Hall–Kier alpha value is -2.88. The number of carbonyl (C=O) groups excluding carboxylic acids is 1. The summed E-state index contributed by atoms with van der Waals surface area (Å²) in [4.78, 5) is 26.3. The minimum atomic E-state index is -4.35. The van der Waals surface area contributed by atoms with Crippen molar-refractivity contribution >= 4 is 17.5 Å². The van der Waals surface area contributed by atoms with Gasteiger partial charge in [-0.2, -0.15) is 13.2 Å². The number of hydrogen-bond donors (Lipinski definition) is 2. The van der Waals surface area contributed by atoms with Crippen LogP contribution in [0.4, 0.5) is 24.8 Å². The SMILES string of the molecule is CC1CN(c2ccc(C(F)(F)F)cc2)CCN1c1nccc(C(=O)NC2C3CC4CC2CC(O)(C4)C3)n1. The van der Waals surface area contributed by atoms with Crippen molar-refractivity contribution in [2.45, 2.75) is 62.9 Å². The molecule has 0 spiro atoms. The molecule has 1 amide bonds. The van der Waals surface area contributed by atoms with Crippen LogP contribution in [0.1, 0.15) is 55.1 Å². The van der Waals surface area contributed by atoms with E-state index >= 15 is 0 Å². The van der Waals surface area contributed by atoms with Gasteiger partial charge < -0.3 is 20.2 Å². The van der Waals surface area contributed by atoms with E-state index in [1.807, 2.05) is 11.8 Å². The number of amides is 1. The second-order valence-electron chi connectivity index (χ2n) is 11.5. The van der Waals surface area contributed by atoms with Crippen molar-refractivity contribution in [1.29, 1.82) is 0 Å². The van der Waals surface area contributed by atoms with E-state index in [2.05, 4.69) is 20.2 Å². The summed E-state index contributed by atoms with van der Waals surface area (Å²) in [6, 6.07) is 6.95. The first-order chi connectivity index (χ1) is 17.6. The topological polar surface area (TPSA) is 81.6 Å². The fourth-order valence-electron chi connectivity index (χ4n) is 7.41. The maximum absolute atomic E-state index is 13.2. The number of nitrogens with zero attached hydrogens (tertiary/aromatic N) is 4. The number of carbonyl (C=O) groups is 1. The number of nitrogens with one attached hydrogen (secondary N) is 1. The lowest BCUT2D eigenvalue weighted by molar-refractivity contribution is -0.137. The average molecular weight is 516 g/mol. The molecule has 5 fully saturated rings. The molecule has 1 aromatic heterocycles. The Bertz CT molecular complexity index is 1160. The molecule has 1 saturated heterocycles. The number of aromatic nitrogens is 2. The Morgan fingerprint density at radius 2 is 1.78 bits per heavy atom. The zero-order chi connectivity index (χ0) is 25.9. The molecule has 2 aromatic rings. The van der Waals surface area contributed by atoms with E-state index in [9.17, 15) is 23.1 Å². The van der Waals surface area contributed by atoms with Crippen LogP contribution >= 0.6 is 0 Å². The van der Waals surface area contributed by atoms with Gasteiger partial charge in [-0.25, -0.2) is 9.97 Å². The number of piperazine rings is 1. The Labute approximate surface area is 214 Å². The van der Waals surface area contributed by atoms with Gasteiger partial charge in [-0.05, 0) is 87.1 Å². The van der Waals surface area contributed by atoms with Gasteiger partial charge in [-0.3, -0.25) is 4.79 Å². The molecule has 0 radical (unpaired) electrons. The zero-order valence-electron chi connectivity index (χ0n) is 20.8. The van der Waals surface area contributed by atoms with Gasteiger partial charge in [0.15, 0.2) is 0 Å². The van der Waals surface area contributed by atoms with Gasteiger partial charge in [-0.15, -0.1) is 0 Å². The van der Waals surface area contributed by atoms with Gasteiger partial charge in [0.05, 0.1) is 11.2 Å². The Balaban J connectivity index is 1.11. The second kappa shape index (κ2) is 8.85. The van der Waals surface area contributed by atoms with Gasteiger partial charge in [0.1, 0.15) is 5.69 Å². The average Bonchev–Trinajstić information content (AvgIpc) is 2.85. The summed E-state index contributed by atoms with van der Waals surface area (Å²) < 4.78 is 38.7. The monoisotopic (exact) mass is 515 g/mol. The Kier molecular flexibility index (Phi) is 5.85. The maximum Gasteiger partial charge on any atom is 0.416 e. The highest BCUT2D eigenvalue weighted by atomic mass is 19.4. The molecular weight excluding hydrogens is 483 g/mol. The summed E-state index contributed by atoms with van der Waals surface area (Å²) in [7, 11) is 0. The highest BCUT2D eigenvalue weighted by Gasteiger charge is 2.55. The first-order valence-corrected chi connectivity index (χ1v) is 13.1. The predicted molar refractivity (Wildman–Crippen MR) is 132 cm³/mol. The van der Waals surface area contributed by atoms with Crippen LogP contribution in [-0.4, -0.2) is 58.3 Å². The molecule has 37 heavy (non-hydrogen) atoms. The summed E-state index contributed by atoms with van der Waals surface area (Å²) in [6.45, 7) is 3.80. The first kappa shape index (κ1) is 24.5. The van der Waals surface area contributed by atoms with E-state index in [1.54, 1.807) is 12.3 Å². The molecule has 4 aliphatic carbocycles. The van der Waals surface area contributed by atoms with Crippen LogP contribution in [0.25, 0.3) is 0 Å². The van der Waals surface area contributed by atoms with Crippen molar-refractivity contribution in [1.82, 2.24) is 15.3 Å². The fraction of sp³-hybridized carbons (Fsp3) is 0.593. The molecule has 2 heterocycles. The third-order valence-electron chi connectivity index (χ3n) is 8.86. The van der Waals surface area contributed by atoms with Crippen molar-refractivity contribution in [3.05, 3.63) is 47.8 Å². The quantitative estimate of drug-likeness (QED) is 0.644. The highest BCUT2D eigenvalue weighted by Crippen LogP contribution is 2.55. The van der Waals surface area contributed by atoms with Crippen molar-refractivity contribution < 1.29 is 23.1 Å². The molecule has 5 aliphatic rings. The number of rotatable bonds is 4. The number of halogens is 3. The largest absolute Gasteiger partial charge is 0.416 e. The molecule has 7 rings (SSSR count). The van der Waals surface area contributed by atoms with Crippen LogP contribution < -0.4 is 15.1 Å². The summed E-state index contributed by atoms with van der Waals surface area (Å²) in [5.41, 5.74) is -0.127. The van der Waals surface area contributed by atoms with Crippen molar-refractivity contribution in [3.8, 4) is 0 Å². The predicted octanol–water partition coefficient (Wildman–Crippen LogP) is 3.88. The van der Waals surface area contributed by atoms with E-state index < -0.39 is 17.3 Å². The minimum Gasteiger partial charge on any atom is -0.390 e. The molecule has 4 saturated carbocycles. The molecule has 3 unspecified atom stereocenters. The number of aliphatic hydroxyl groups is 1. The van der Waals surface area contributed by atoms with Crippen LogP contribution in [0.5, 0.6) is 0 Å². The van der Waals surface area contributed by atoms with Crippen molar-refractivity contribution in [2.75, 3.05) is 29.4 Å². The lowest BCUT2D eigenvalue weighted by atomic mass is 9.52. The minimum absolute atomic E-state index is 0.000441. The summed E-state index contributed by atoms with van der Waals surface area (Å²) in [6.07, 6.45) is 1.82. The molecule has 2 N–H and O–H groups in total. The van der Waals surface area contributed by atoms with Gasteiger partial charge >= 0.3 is 6.18 Å². The lowest BCUT2D eigenvalue weighted by Crippen LogP contribution is -2.61. The van der Waals surface area contributed by atoms with Crippen LogP contribution in [0.2, 0.25) is 0 Å². The highest BCUT2D eigenvalue weighted by molar-refractivity contribution is 5.92. The summed E-state index contributed by atoms with van der Waals surface area (Å²) in [5, 5.41) is 14.1. The molecule has 3 atom stereocenters. The number of hydrogen-bond acceptors (Lipinski definition) is 6. The molecule has 1 aliphatic heterocycles. The van der Waals surface area contributed by atoms with E-state index in [0.717, 1.165) is 49.9 Å². The molecule has 4 bridgehead atoms. The van der Waals surface area contributed by atoms with Crippen molar-refractivity contribution in [3.63, 3.8) is 0 Å². The van der Waals surface area contributed by atoms with E-state index in [4.69, 9.17) is 0 Å². The van der Waals surface area contributed by atoms with Crippen molar-refractivity contribution in [2.24, 2.45) is 17.8 Å². The first-order valence-electron chi connectivity index (χ1n) is 13.1. The standard InChI is InChI=1S/C27H32F3N5O2/c1-16-15-34(21-4-2-20(3-5-21)27(28,29)30)8-9-35(16)25-31-7-6-22(32-25)24(36)33-23-18-10-17-11-19(23)14-26(37,12-17)13-18/h2-7,16-19,23,37H,8-15H2,1H3,(H,33,36). The van der Waals surface area contributed by atoms with Crippen LogP contribution in [0.3, 0.4) is 0 Å². The third-order valence-corrected chi connectivity index (χ3v) is 8.86. The van der Waals surface area contributed by atoms with E-state index in [-0.39, 0.29) is 18.0 Å². The molecule has 1 aromatic carbocycles. The Morgan fingerprint density at radius 1 is 1.08 bits per heavy atom. The van der Waals surface area contributed by atoms with Gasteiger partial charge in [-0.1, -0.05) is 0 Å². The molecular formula is C27H32F3N5O2. The Morgan fingerprint density at radius 3 is 2.41 bits per heavy atom. The second-order valence-corrected chi connectivity index (χ2v) is 11.5. The van der Waals surface area contributed by atoms with E-state index in [1.165, 1.54) is 12.1 Å². The lowest BCUT2D eigenvalue weighted by Gasteiger charge is -2.58. The van der Waals surface area contributed by atoms with Gasteiger partial charge in [0.2, 0.25) is 5.95 Å². The van der Waals surface area contributed by atoms with E-state index in [0.29, 0.717) is 49.0 Å². The number of anilines is 2. The van der Waals surface area contributed by atoms with Crippen LogP contribution in [0, 0.1) is 17.8 Å². The number of alkyl halides is 3.